The first-order chi connectivity index (χ1) is 9.11. The molecule has 2 aromatic rings. The molecule has 0 radical (unpaired) electrons. The molecule has 0 spiro atoms. The van der Waals surface area contributed by atoms with Gasteiger partial charge in [-0.2, -0.15) is 0 Å². The molecule has 0 saturated carbocycles. The summed E-state index contributed by atoms with van der Waals surface area (Å²) in [4.78, 5) is 8.56. The van der Waals surface area contributed by atoms with Crippen LogP contribution in [0, 0.1) is 20.8 Å². The van der Waals surface area contributed by atoms with Gasteiger partial charge in [0.1, 0.15) is 12.1 Å². The summed E-state index contributed by atoms with van der Waals surface area (Å²) in [5.74, 6) is 0.813. The van der Waals surface area contributed by atoms with Gasteiger partial charge in [-0.3, -0.25) is 0 Å². The summed E-state index contributed by atoms with van der Waals surface area (Å²) >= 11 is 0. The van der Waals surface area contributed by atoms with Crippen LogP contribution >= 0.6 is 0 Å². The minimum absolute atomic E-state index is 0.585. The number of nitrogens with zero attached hydrogens (tertiary/aromatic N) is 2. The van der Waals surface area contributed by atoms with Crippen molar-refractivity contribution in [1.82, 2.24) is 9.97 Å². The Kier molecular flexibility index (Phi) is 4.12. The summed E-state index contributed by atoms with van der Waals surface area (Å²) in [6.07, 6.45) is 1.59. The lowest BCUT2D eigenvalue weighted by Crippen LogP contribution is -2.14. The van der Waals surface area contributed by atoms with Gasteiger partial charge in [0.2, 0.25) is 0 Å². The molecule has 1 aromatic heterocycles. The summed E-state index contributed by atoms with van der Waals surface area (Å²) in [5, 5.41) is 3.17. The highest BCUT2D eigenvalue weighted by molar-refractivity contribution is 5.67. The van der Waals surface area contributed by atoms with E-state index in [1.165, 1.54) is 16.7 Å². The van der Waals surface area contributed by atoms with Crippen LogP contribution in [-0.2, 0) is 0 Å². The second-order valence-electron chi connectivity index (χ2n) is 4.76. The quantitative estimate of drug-likeness (QED) is 0.882. The zero-order valence-corrected chi connectivity index (χ0v) is 11.7. The lowest BCUT2D eigenvalue weighted by molar-refractivity contribution is 1.00. The van der Waals surface area contributed by atoms with Crippen molar-refractivity contribution in [1.29, 1.82) is 0 Å². The van der Waals surface area contributed by atoms with Gasteiger partial charge in [0, 0.05) is 24.7 Å². The fourth-order valence-electron chi connectivity index (χ4n) is 2.04. The molecule has 4 nitrogen and oxygen atoms in total. The first kappa shape index (κ1) is 13.5. The molecule has 19 heavy (non-hydrogen) atoms. The Balaban J connectivity index is 2.38. The van der Waals surface area contributed by atoms with Crippen LogP contribution in [0.1, 0.15) is 16.7 Å². The van der Waals surface area contributed by atoms with E-state index in [-0.39, 0.29) is 0 Å². The summed E-state index contributed by atoms with van der Waals surface area (Å²) in [5.41, 5.74) is 11.4. The predicted octanol–water partition coefficient (Wildman–Crippen LogP) is 2.44. The topological polar surface area (TPSA) is 63.8 Å². The molecule has 0 unspecified atom stereocenters. The average molecular weight is 256 g/mol. The van der Waals surface area contributed by atoms with E-state index in [9.17, 15) is 0 Å². The maximum Gasteiger partial charge on any atom is 0.129 e. The van der Waals surface area contributed by atoms with E-state index in [0.717, 1.165) is 17.1 Å². The average Bonchev–Trinajstić information content (AvgIpc) is 2.41. The van der Waals surface area contributed by atoms with E-state index in [2.05, 4.69) is 48.2 Å². The van der Waals surface area contributed by atoms with E-state index in [0.29, 0.717) is 13.1 Å². The highest BCUT2D eigenvalue weighted by Gasteiger charge is 2.07. The first-order valence-electron chi connectivity index (χ1n) is 6.46. The van der Waals surface area contributed by atoms with Crippen LogP contribution in [0.25, 0.3) is 11.3 Å². The van der Waals surface area contributed by atoms with Gasteiger partial charge in [-0.1, -0.05) is 6.07 Å². The van der Waals surface area contributed by atoms with Crippen LogP contribution < -0.4 is 11.1 Å². The van der Waals surface area contributed by atoms with Crippen LogP contribution in [0.5, 0.6) is 0 Å². The standard InChI is InChI=1S/C15H20N4/c1-10-6-12(3)13(7-11(10)2)14-8-15(17-5-4-16)19-9-18-14/h6-9H,4-5,16H2,1-3H3,(H,17,18,19). The molecule has 2 rings (SSSR count). The number of rotatable bonds is 4. The Morgan fingerprint density at radius 1 is 1.00 bits per heavy atom. The Bertz CT molecular complexity index is 578. The number of hydrogen-bond donors (Lipinski definition) is 2. The molecule has 0 aliphatic rings. The van der Waals surface area contributed by atoms with Crippen LogP contribution in [0.3, 0.4) is 0 Å². The molecule has 3 N–H and O–H groups in total. The third-order valence-corrected chi connectivity index (χ3v) is 3.23. The molecular weight excluding hydrogens is 236 g/mol. The number of aryl methyl sites for hydroxylation is 3. The van der Waals surface area contributed by atoms with Crippen molar-refractivity contribution < 1.29 is 0 Å². The van der Waals surface area contributed by atoms with Crippen molar-refractivity contribution in [2.75, 3.05) is 18.4 Å². The molecule has 0 atom stereocenters. The Morgan fingerprint density at radius 2 is 1.74 bits per heavy atom. The molecular formula is C15H20N4. The van der Waals surface area contributed by atoms with Gasteiger partial charge in [-0.15, -0.1) is 0 Å². The number of anilines is 1. The van der Waals surface area contributed by atoms with Crippen molar-refractivity contribution in [2.45, 2.75) is 20.8 Å². The number of benzene rings is 1. The van der Waals surface area contributed by atoms with Gasteiger partial charge in [0.05, 0.1) is 5.69 Å². The van der Waals surface area contributed by atoms with Crippen molar-refractivity contribution in [3.8, 4) is 11.3 Å². The maximum absolute atomic E-state index is 5.48. The fraction of sp³-hybridized carbons (Fsp3) is 0.333. The minimum Gasteiger partial charge on any atom is -0.369 e. The lowest BCUT2D eigenvalue weighted by atomic mass is 9.98. The van der Waals surface area contributed by atoms with E-state index in [1.807, 2.05) is 6.07 Å². The van der Waals surface area contributed by atoms with E-state index in [4.69, 9.17) is 5.73 Å². The molecule has 1 aromatic carbocycles. The fourth-order valence-corrected chi connectivity index (χ4v) is 2.04. The molecule has 4 heteroatoms. The Labute approximate surface area is 114 Å². The van der Waals surface area contributed by atoms with Gasteiger partial charge < -0.3 is 11.1 Å². The normalized spacial score (nSPS) is 10.5. The number of aromatic nitrogens is 2. The smallest absolute Gasteiger partial charge is 0.129 e. The van der Waals surface area contributed by atoms with Crippen LogP contribution in [0.4, 0.5) is 5.82 Å². The lowest BCUT2D eigenvalue weighted by Gasteiger charge is -2.10. The second-order valence-corrected chi connectivity index (χ2v) is 4.76. The van der Waals surface area contributed by atoms with Crippen LogP contribution in [0.2, 0.25) is 0 Å². The van der Waals surface area contributed by atoms with Crippen LogP contribution in [0.15, 0.2) is 24.5 Å². The molecule has 0 saturated heterocycles. The summed E-state index contributed by atoms with van der Waals surface area (Å²) in [7, 11) is 0. The molecule has 1 heterocycles. The molecule has 0 fully saturated rings. The number of hydrogen-bond acceptors (Lipinski definition) is 4. The Hall–Kier alpha value is -1.94. The number of nitrogens with two attached hydrogens (primary N) is 1. The molecule has 0 bridgehead atoms. The first-order valence-corrected chi connectivity index (χ1v) is 6.46. The number of nitrogens with one attached hydrogen (secondary N) is 1. The van der Waals surface area contributed by atoms with Gasteiger partial charge in [-0.05, 0) is 43.5 Å². The SMILES string of the molecule is Cc1cc(C)c(-c2cc(NCCN)ncn2)cc1C. The Morgan fingerprint density at radius 3 is 2.47 bits per heavy atom. The van der Waals surface area contributed by atoms with Crippen molar-refractivity contribution in [3.63, 3.8) is 0 Å². The largest absolute Gasteiger partial charge is 0.369 e. The summed E-state index contributed by atoms with van der Waals surface area (Å²) < 4.78 is 0. The zero-order valence-electron chi connectivity index (χ0n) is 11.7. The van der Waals surface area contributed by atoms with Gasteiger partial charge in [0.15, 0.2) is 0 Å². The zero-order chi connectivity index (χ0) is 13.8. The predicted molar refractivity (Wildman–Crippen MR) is 79.2 cm³/mol. The maximum atomic E-state index is 5.48. The van der Waals surface area contributed by atoms with Crippen molar-refractivity contribution in [2.24, 2.45) is 5.73 Å². The molecule has 0 aliphatic heterocycles. The minimum atomic E-state index is 0.585. The molecule has 0 aliphatic carbocycles. The highest BCUT2D eigenvalue weighted by Crippen LogP contribution is 2.25. The van der Waals surface area contributed by atoms with Gasteiger partial charge in [-0.25, -0.2) is 9.97 Å². The van der Waals surface area contributed by atoms with Crippen molar-refractivity contribution in [3.05, 3.63) is 41.2 Å². The monoisotopic (exact) mass is 256 g/mol. The second kappa shape index (κ2) is 5.80. The van der Waals surface area contributed by atoms with E-state index in [1.54, 1.807) is 6.33 Å². The summed E-state index contributed by atoms with van der Waals surface area (Å²) in [6, 6.07) is 6.34. The highest BCUT2D eigenvalue weighted by atomic mass is 15.0. The third-order valence-electron chi connectivity index (χ3n) is 3.23. The van der Waals surface area contributed by atoms with E-state index >= 15 is 0 Å². The van der Waals surface area contributed by atoms with Crippen LogP contribution in [-0.4, -0.2) is 23.1 Å². The van der Waals surface area contributed by atoms with Gasteiger partial charge in [0.25, 0.3) is 0 Å². The third kappa shape index (κ3) is 3.09. The summed E-state index contributed by atoms with van der Waals surface area (Å²) in [6.45, 7) is 7.65. The molecule has 0 amide bonds. The van der Waals surface area contributed by atoms with E-state index < -0.39 is 0 Å². The van der Waals surface area contributed by atoms with Crippen molar-refractivity contribution >= 4 is 5.82 Å². The molecule has 100 valence electrons. The van der Waals surface area contributed by atoms with Gasteiger partial charge >= 0.3 is 0 Å².